The van der Waals surface area contributed by atoms with Gasteiger partial charge in [0.15, 0.2) is 0 Å². The second-order valence-electron chi connectivity index (χ2n) is 4.42. The van der Waals surface area contributed by atoms with E-state index in [0.717, 1.165) is 30.7 Å². The molecule has 3 N–H and O–H groups in total. The molecule has 5 heteroatoms. The summed E-state index contributed by atoms with van der Waals surface area (Å²) in [4.78, 5) is 8.69. The van der Waals surface area contributed by atoms with E-state index in [1.165, 1.54) is 0 Å². The van der Waals surface area contributed by atoms with E-state index < -0.39 is 0 Å². The summed E-state index contributed by atoms with van der Waals surface area (Å²) in [5, 5.41) is 0. The highest BCUT2D eigenvalue weighted by Gasteiger charge is 2.27. The summed E-state index contributed by atoms with van der Waals surface area (Å²) in [6, 6.07) is 1.71. The molecule has 0 aliphatic heterocycles. The summed E-state index contributed by atoms with van der Waals surface area (Å²) in [5.74, 6) is 7.86. The first-order valence-electron chi connectivity index (χ1n) is 5.82. The summed E-state index contributed by atoms with van der Waals surface area (Å²) in [7, 11) is 0. The van der Waals surface area contributed by atoms with Crippen LogP contribution in [0.4, 0.5) is 5.82 Å². The fourth-order valence-electron chi connectivity index (χ4n) is 1.44. The predicted octanol–water partition coefficient (Wildman–Crippen LogP) is 1.98. The largest absolute Gasteiger partial charge is 0.477 e. The quantitative estimate of drug-likeness (QED) is 0.447. The number of anilines is 1. The topological polar surface area (TPSA) is 73.1 Å². The van der Waals surface area contributed by atoms with E-state index in [-0.39, 0.29) is 0 Å². The number of aromatic nitrogens is 2. The van der Waals surface area contributed by atoms with Crippen LogP contribution in [0.15, 0.2) is 18.2 Å². The Hall–Kier alpha value is -1.62. The van der Waals surface area contributed by atoms with Crippen LogP contribution in [0.3, 0.4) is 0 Å². The van der Waals surface area contributed by atoms with E-state index in [4.69, 9.17) is 10.6 Å². The lowest BCUT2D eigenvalue weighted by atomic mass is 10.3. The second-order valence-corrected chi connectivity index (χ2v) is 4.42. The molecule has 1 aromatic rings. The lowest BCUT2D eigenvalue weighted by Gasteiger charge is -2.08. The third-order valence-electron chi connectivity index (χ3n) is 2.59. The van der Waals surface area contributed by atoms with Gasteiger partial charge in [0.25, 0.3) is 0 Å². The number of hydrazine groups is 1. The minimum absolute atomic E-state index is 0.479. The molecule has 1 heterocycles. The molecule has 1 saturated carbocycles. The summed E-state index contributed by atoms with van der Waals surface area (Å²) in [6.45, 7) is 6.39. The van der Waals surface area contributed by atoms with Gasteiger partial charge in [-0.15, -0.1) is 6.58 Å². The Kier molecular flexibility index (Phi) is 3.58. The van der Waals surface area contributed by atoms with Crippen LogP contribution < -0.4 is 16.0 Å². The Morgan fingerprint density at radius 2 is 2.35 bits per heavy atom. The Balaban J connectivity index is 2.04. The third-order valence-corrected chi connectivity index (χ3v) is 2.59. The average Bonchev–Trinajstić information content (AvgIpc) is 3.12. The van der Waals surface area contributed by atoms with Crippen LogP contribution in [0.1, 0.15) is 37.9 Å². The van der Waals surface area contributed by atoms with Crippen LogP contribution in [0.5, 0.6) is 5.88 Å². The molecule has 17 heavy (non-hydrogen) atoms. The van der Waals surface area contributed by atoms with Gasteiger partial charge < -0.3 is 10.2 Å². The van der Waals surface area contributed by atoms with Crippen molar-refractivity contribution in [2.24, 2.45) is 5.84 Å². The van der Waals surface area contributed by atoms with Crippen molar-refractivity contribution >= 4 is 5.82 Å². The smallest absolute Gasteiger partial charge is 0.218 e. The lowest BCUT2D eigenvalue weighted by molar-refractivity contribution is 0.308. The van der Waals surface area contributed by atoms with Gasteiger partial charge in [0.2, 0.25) is 5.88 Å². The SMILES string of the molecule is C=C(C)CCOc1cc(NN)nc(C2CC2)n1. The van der Waals surface area contributed by atoms with Crippen LogP contribution in [0, 0.1) is 0 Å². The third kappa shape index (κ3) is 3.42. The van der Waals surface area contributed by atoms with Crippen LogP contribution in [0.25, 0.3) is 0 Å². The monoisotopic (exact) mass is 234 g/mol. The number of ether oxygens (including phenoxy) is 1. The van der Waals surface area contributed by atoms with Crippen molar-refractivity contribution in [2.75, 3.05) is 12.0 Å². The molecule has 0 aromatic carbocycles. The summed E-state index contributed by atoms with van der Waals surface area (Å²) >= 11 is 0. The second kappa shape index (κ2) is 5.14. The van der Waals surface area contributed by atoms with Crippen molar-refractivity contribution in [1.82, 2.24) is 9.97 Å². The molecule has 0 amide bonds. The predicted molar refractivity (Wildman–Crippen MR) is 66.7 cm³/mol. The van der Waals surface area contributed by atoms with Crippen molar-refractivity contribution in [3.8, 4) is 5.88 Å². The highest BCUT2D eigenvalue weighted by atomic mass is 16.5. The summed E-state index contributed by atoms with van der Waals surface area (Å²) in [6.07, 6.45) is 3.13. The first-order chi connectivity index (χ1) is 8.19. The molecular formula is C12H18N4O. The normalized spacial score (nSPS) is 14.5. The minimum atomic E-state index is 0.479. The molecule has 2 rings (SSSR count). The van der Waals surface area contributed by atoms with Crippen LogP contribution in [-0.2, 0) is 0 Å². The molecule has 0 saturated heterocycles. The van der Waals surface area contributed by atoms with E-state index in [2.05, 4.69) is 22.0 Å². The molecule has 0 radical (unpaired) electrons. The standard InChI is InChI=1S/C12H18N4O/c1-8(2)5-6-17-11-7-10(16-13)14-12(15-11)9-3-4-9/h7,9H,1,3-6,13H2,2H3,(H,14,15,16). The fourth-order valence-corrected chi connectivity index (χ4v) is 1.44. The zero-order chi connectivity index (χ0) is 12.3. The summed E-state index contributed by atoms with van der Waals surface area (Å²) < 4.78 is 5.57. The van der Waals surface area contributed by atoms with E-state index in [9.17, 15) is 0 Å². The van der Waals surface area contributed by atoms with Gasteiger partial charge in [0.1, 0.15) is 11.6 Å². The van der Waals surface area contributed by atoms with Crippen molar-refractivity contribution in [3.05, 3.63) is 24.0 Å². The number of nitrogens with one attached hydrogen (secondary N) is 1. The highest BCUT2D eigenvalue weighted by molar-refractivity contribution is 5.38. The average molecular weight is 234 g/mol. The van der Waals surface area contributed by atoms with Crippen LogP contribution in [-0.4, -0.2) is 16.6 Å². The number of hydrogen-bond acceptors (Lipinski definition) is 5. The van der Waals surface area contributed by atoms with E-state index >= 15 is 0 Å². The van der Waals surface area contributed by atoms with Gasteiger partial charge in [-0.1, -0.05) is 5.57 Å². The maximum atomic E-state index is 5.57. The molecular weight excluding hydrogens is 216 g/mol. The number of rotatable bonds is 6. The van der Waals surface area contributed by atoms with Gasteiger partial charge in [0.05, 0.1) is 6.61 Å². The first-order valence-corrected chi connectivity index (χ1v) is 5.82. The molecule has 0 atom stereocenters. The van der Waals surface area contributed by atoms with Crippen LogP contribution >= 0.6 is 0 Å². The summed E-state index contributed by atoms with van der Waals surface area (Å²) in [5.41, 5.74) is 3.64. The fraction of sp³-hybridized carbons (Fsp3) is 0.500. The van der Waals surface area contributed by atoms with Gasteiger partial charge >= 0.3 is 0 Å². The molecule has 92 valence electrons. The molecule has 1 aromatic heterocycles. The van der Waals surface area contributed by atoms with E-state index in [0.29, 0.717) is 24.2 Å². The molecule has 5 nitrogen and oxygen atoms in total. The Bertz CT molecular complexity index is 415. The molecule has 1 fully saturated rings. The van der Waals surface area contributed by atoms with Crippen molar-refractivity contribution in [2.45, 2.75) is 32.1 Å². The van der Waals surface area contributed by atoms with Crippen molar-refractivity contribution < 1.29 is 4.74 Å². The van der Waals surface area contributed by atoms with E-state index in [1.54, 1.807) is 6.07 Å². The molecule has 0 spiro atoms. The number of hydrogen-bond donors (Lipinski definition) is 2. The van der Waals surface area contributed by atoms with Crippen molar-refractivity contribution in [1.29, 1.82) is 0 Å². The number of nitrogens with zero attached hydrogens (tertiary/aromatic N) is 2. The zero-order valence-electron chi connectivity index (χ0n) is 10.1. The van der Waals surface area contributed by atoms with Gasteiger partial charge in [-0.25, -0.2) is 10.8 Å². The molecule has 1 aliphatic carbocycles. The lowest BCUT2D eigenvalue weighted by Crippen LogP contribution is -2.11. The Morgan fingerprint density at radius 3 is 2.94 bits per heavy atom. The highest BCUT2D eigenvalue weighted by Crippen LogP contribution is 2.39. The van der Waals surface area contributed by atoms with Crippen LogP contribution in [0.2, 0.25) is 0 Å². The molecule has 0 unspecified atom stereocenters. The maximum absolute atomic E-state index is 5.57. The Labute approximate surface area is 101 Å². The van der Waals surface area contributed by atoms with Gasteiger partial charge in [-0.2, -0.15) is 4.98 Å². The number of nitrogens with two attached hydrogens (primary N) is 1. The van der Waals surface area contributed by atoms with Gasteiger partial charge in [0, 0.05) is 18.4 Å². The zero-order valence-corrected chi connectivity index (χ0v) is 10.1. The first kappa shape index (κ1) is 11.9. The minimum Gasteiger partial charge on any atom is -0.477 e. The van der Waals surface area contributed by atoms with Gasteiger partial charge in [-0.3, -0.25) is 0 Å². The van der Waals surface area contributed by atoms with Gasteiger partial charge in [-0.05, 0) is 19.8 Å². The number of nitrogen functional groups attached to an aromatic ring is 1. The van der Waals surface area contributed by atoms with E-state index in [1.807, 2.05) is 6.92 Å². The molecule has 0 bridgehead atoms. The Morgan fingerprint density at radius 1 is 1.59 bits per heavy atom. The van der Waals surface area contributed by atoms with Crippen molar-refractivity contribution in [3.63, 3.8) is 0 Å². The molecule has 1 aliphatic rings. The maximum Gasteiger partial charge on any atom is 0.218 e.